The number of nitrogens with zero attached hydrogens (tertiary/aromatic N) is 3. The Morgan fingerprint density at radius 2 is 2.33 bits per heavy atom. The van der Waals surface area contributed by atoms with Crippen molar-refractivity contribution in [3.05, 3.63) is 12.2 Å². The van der Waals surface area contributed by atoms with Gasteiger partial charge in [-0.15, -0.1) is 0 Å². The minimum Gasteiger partial charge on any atom is -0.480 e. The van der Waals surface area contributed by atoms with Gasteiger partial charge in [-0.1, -0.05) is 0 Å². The van der Waals surface area contributed by atoms with Gasteiger partial charge in [0.05, 0.1) is 6.54 Å². The maximum atomic E-state index is 11.7. The number of urea groups is 1. The summed E-state index contributed by atoms with van der Waals surface area (Å²) in [5.41, 5.74) is 0. The van der Waals surface area contributed by atoms with Crippen molar-refractivity contribution in [3.63, 3.8) is 0 Å². The van der Waals surface area contributed by atoms with Crippen LogP contribution in [0.3, 0.4) is 0 Å². The third-order valence-electron chi connectivity index (χ3n) is 2.21. The second-order valence-electron chi connectivity index (χ2n) is 3.64. The summed E-state index contributed by atoms with van der Waals surface area (Å²) >= 11 is 0. The normalized spacial score (nSPS) is 11.9. The van der Waals surface area contributed by atoms with Crippen molar-refractivity contribution in [1.82, 2.24) is 25.4 Å². The number of aliphatic hydroxyl groups is 1. The second-order valence-corrected chi connectivity index (χ2v) is 3.64. The Kier molecular flexibility index (Phi) is 5.06. The summed E-state index contributed by atoms with van der Waals surface area (Å²) in [6, 6.07) is -1.67. The second kappa shape index (κ2) is 6.55. The van der Waals surface area contributed by atoms with E-state index in [-0.39, 0.29) is 19.6 Å². The number of carboxylic acid groups (broad SMARTS) is 1. The van der Waals surface area contributed by atoms with Crippen LogP contribution in [-0.4, -0.2) is 62.0 Å². The van der Waals surface area contributed by atoms with Gasteiger partial charge in [0.15, 0.2) is 0 Å². The summed E-state index contributed by atoms with van der Waals surface area (Å²) in [7, 11) is 1.50. The van der Waals surface area contributed by atoms with E-state index >= 15 is 0 Å². The van der Waals surface area contributed by atoms with E-state index in [1.165, 1.54) is 18.3 Å². The molecule has 1 rings (SSSR count). The van der Waals surface area contributed by atoms with Crippen molar-refractivity contribution in [1.29, 1.82) is 0 Å². The summed E-state index contributed by atoms with van der Waals surface area (Å²) in [4.78, 5) is 27.6. The third kappa shape index (κ3) is 4.01. The van der Waals surface area contributed by atoms with E-state index in [9.17, 15) is 9.59 Å². The molecule has 1 aromatic rings. The number of H-pyrrole nitrogens is 1. The van der Waals surface area contributed by atoms with E-state index in [1.54, 1.807) is 0 Å². The molecule has 0 spiro atoms. The van der Waals surface area contributed by atoms with Crippen LogP contribution in [0.15, 0.2) is 6.33 Å². The minimum atomic E-state index is -1.19. The van der Waals surface area contributed by atoms with E-state index in [1.807, 2.05) is 0 Å². The van der Waals surface area contributed by atoms with E-state index in [0.717, 1.165) is 0 Å². The van der Waals surface area contributed by atoms with Gasteiger partial charge in [0.25, 0.3) is 0 Å². The highest BCUT2D eigenvalue weighted by Crippen LogP contribution is 1.97. The van der Waals surface area contributed by atoms with Gasteiger partial charge in [-0.2, -0.15) is 5.10 Å². The lowest BCUT2D eigenvalue weighted by Crippen LogP contribution is -2.46. The van der Waals surface area contributed by atoms with Crippen LogP contribution < -0.4 is 5.32 Å². The minimum absolute atomic E-state index is 0.0444. The zero-order valence-corrected chi connectivity index (χ0v) is 9.83. The molecule has 9 heteroatoms. The maximum Gasteiger partial charge on any atom is 0.326 e. The van der Waals surface area contributed by atoms with Crippen LogP contribution in [0.1, 0.15) is 12.2 Å². The quantitative estimate of drug-likeness (QED) is 0.505. The Balaban J connectivity index is 2.50. The van der Waals surface area contributed by atoms with Crippen molar-refractivity contribution in [2.45, 2.75) is 19.0 Å². The number of aromatic amines is 1. The number of aliphatic hydroxyl groups excluding tert-OH is 1. The lowest BCUT2D eigenvalue weighted by Gasteiger charge is -2.20. The molecular formula is C9H15N5O4. The van der Waals surface area contributed by atoms with Gasteiger partial charge in [0, 0.05) is 20.1 Å². The molecule has 0 saturated carbocycles. The first-order valence-electron chi connectivity index (χ1n) is 5.24. The van der Waals surface area contributed by atoms with E-state index in [0.29, 0.717) is 5.82 Å². The fourth-order valence-electron chi connectivity index (χ4n) is 1.25. The van der Waals surface area contributed by atoms with Crippen LogP contribution in [0.4, 0.5) is 4.79 Å². The van der Waals surface area contributed by atoms with E-state index in [4.69, 9.17) is 10.2 Å². The van der Waals surface area contributed by atoms with Crippen LogP contribution in [-0.2, 0) is 11.3 Å². The van der Waals surface area contributed by atoms with Gasteiger partial charge in [0.1, 0.15) is 18.2 Å². The fourth-order valence-corrected chi connectivity index (χ4v) is 1.25. The molecule has 0 radical (unpaired) electrons. The number of carbonyl (C=O) groups is 2. The molecule has 9 nitrogen and oxygen atoms in total. The molecule has 0 aliphatic heterocycles. The molecule has 18 heavy (non-hydrogen) atoms. The van der Waals surface area contributed by atoms with Crippen molar-refractivity contribution in [2.75, 3.05) is 13.7 Å². The highest BCUT2D eigenvalue weighted by atomic mass is 16.4. The molecule has 1 aromatic heterocycles. The van der Waals surface area contributed by atoms with Crippen LogP contribution in [0, 0.1) is 0 Å². The maximum absolute atomic E-state index is 11.7. The SMILES string of the molecule is CN(Cc1ncn[nH]1)C(=O)N[C@@H](CCO)C(=O)O. The van der Waals surface area contributed by atoms with Crippen molar-refractivity contribution in [3.8, 4) is 0 Å². The molecule has 100 valence electrons. The predicted molar refractivity (Wildman–Crippen MR) is 59.5 cm³/mol. The number of amides is 2. The molecule has 1 atom stereocenters. The molecule has 1 heterocycles. The monoisotopic (exact) mass is 257 g/mol. The van der Waals surface area contributed by atoms with Crippen molar-refractivity contribution in [2.24, 2.45) is 0 Å². The standard InChI is InChI=1S/C9H15N5O4/c1-14(4-7-10-5-11-13-7)9(18)12-6(2-3-15)8(16)17/h5-6,15H,2-4H2,1H3,(H,12,18)(H,16,17)(H,10,11,13)/t6-/m0/s1. The molecule has 0 aliphatic carbocycles. The van der Waals surface area contributed by atoms with E-state index < -0.39 is 18.0 Å². The number of carboxylic acids is 1. The Labute approximate surface area is 103 Å². The number of carbonyl (C=O) groups excluding carboxylic acids is 1. The van der Waals surface area contributed by atoms with Gasteiger partial charge >= 0.3 is 12.0 Å². The molecule has 2 amide bonds. The van der Waals surface area contributed by atoms with Gasteiger partial charge < -0.3 is 20.4 Å². The molecule has 0 saturated heterocycles. The Hall–Kier alpha value is -2.16. The highest BCUT2D eigenvalue weighted by molar-refractivity contribution is 5.82. The summed E-state index contributed by atoms with van der Waals surface area (Å²) in [5.74, 6) is -0.702. The van der Waals surface area contributed by atoms with Crippen LogP contribution in [0.2, 0.25) is 0 Å². The molecule has 4 N–H and O–H groups in total. The predicted octanol–water partition coefficient (Wildman–Crippen LogP) is -1.22. The topological polar surface area (TPSA) is 131 Å². The largest absolute Gasteiger partial charge is 0.480 e. The first-order chi connectivity index (χ1) is 8.54. The first kappa shape index (κ1) is 13.9. The zero-order valence-electron chi connectivity index (χ0n) is 9.83. The smallest absolute Gasteiger partial charge is 0.326 e. The van der Waals surface area contributed by atoms with Gasteiger partial charge in [-0.25, -0.2) is 14.6 Å². The molecule has 0 fully saturated rings. The summed E-state index contributed by atoms with van der Waals surface area (Å²) in [6.45, 7) is -0.139. The van der Waals surface area contributed by atoms with E-state index in [2.05, 4.69) is 20.5 Å². The average Bonchev–Trinajstić information content (AvgIpc) is 2.80. The summed E-state index contributed by atoms with van der Waals surface area (Å²) in [6.07, 6.45) is 1.27. The summed E-state index contributed by atoms with van der Waals surface area (Å²) < 4.78 is 0. The molecular weight excluding hydrogens is 242 g/mol. The summed E-state index contributed by atoms with van der Waals surface area (Å²) in [5, 5.41) is 26.0. The Morgan fingerprint density at radius 1 is 1.61 bits per heavy atom. The lowest BCUT2D eigenvalue weighted by atomic mass is 10.2. The third-order valence-corrected chi connectivity index (χ3v) is 2.21. The first-order valence-corrected chi connectivity index (χ1v) is 5.24. The molecule has 0 aromatic carbocycles. The van der Waals surface area contributed by atoms with Crippen LogP contribution in [0.25, 0.3) is 0 Å². The van der Waals surface area contributed by atoms with Crippen molar-refractivity contribution < 1.29 is 19.8 Å². The number of rotatable bonds is 6. The molecule has 0 bridgehead atoms. The van der Waals surface area contributed by atoms with Crippen LogP contribution in [0.5, 0.6) is 0 Å². The van der Waals surface area contributed by atoms with Gasteiger partial charge in [0.2, 0.25) is 0 Å². The number of hydrogen-bond donors (Lipinski definition) is 4. The highest BCUT2D eigenvalue weighted by Gasteiger charge is 2.21. The van der Waals surface area contributed by atoms with Gasteiger partial charge in [-0.05, 0) is 0 Å². The Morgan fingerprint density at radius 3 is 2.83 bits per heavy atom. The van der Waals surface area contributed by atoms with Gasteiger partial charge in [-0.3, -0.25) is 5.10 Å². The average molecular weight is 257 g/mol. The molecule has 0 unspecified atom stereocenters. The van der Waals surface area contributed by atoms with Crippen molar-refractivity contribution >= 4 is 12.0 Å². The lowest BCUT2D eigenvalue weighted by molar-refractivity contribution is -0.139. The zero-order chi connectivity index (χ0) is 13.5. The van der Waals surface area contributed by atoms with Crippen LogP contribution >= 0.6 is 0 Å². The fraction of sp³-hybridized carbons (Fsp3) is 0.556. The Bertz CT molecular complexity index is 394. The number of aliphatic carboxylic acids is 1. The molecule has 0 aliphatic rings. The number of nitrogens with one attached hydrogen (secondary N) is 2. The number of aromatic nitrogens is 3. The number of hydrogen-bond acceptors (Lipinski definition) is 5.